The molecule has 0 spiro atoms. The van der Waals surface area contributed by atoms with E-state index in [9.17, 15) is 17.6 Å². The van der Waals surface area contributed by atoms with Crippen molar-refractivity contribution in [3.05, 3.63) is 48.5 Å². The van der Waals surface area contributed by atoms with Crippen molar-refractivity contribution in [2.75, 3.05) is 48.2 Å². The van der Waals surface area contributed by atoms with E-state index < -0.39 is 15.8 Å². The van der Waals surface area contributed by atoms with Gasteiger partial charge in [0.15, 0.2) is 0 Å². The molecule has 1 saturated heterocycles. The first kappa shape index (κ1) is 19.0. The second-order valence-corrected chi connectivity index (χ2v) is 8.07. The summed E-state index contributed by atoms with van der Waals surface area (Å²) in [5.41, 5.74) is 0.127. The summed E-state index contributed by atoms with van der Waals surface area (Å²) in [5.74, 6) is -0.300. The molecule has 3 rings (SSSR count). The monoisotopic (exact) mass is 393 g/mol. The van der Waals surface area contributed by atoms with Gasteiger partial charge < -0.3 is 9.80 Å². The van der Waals surface area contributed by atoms with E-state index in [4.69, 9.17) is 0 Å². The Morgan fingerprint density at radius 1 is 1.15 bits per heavy atom. The van der Waals surface area contributed by atoms with Crippen molar-refractivity contribution in [3.63, 3.8) is 0 Å². The van der Waals surface area contributed by atoms with Crippen LogP contribution in [-0.4, -0.2) is 68.2 Å². The molecule has 1 aromatic carbocycles. The Labute approximate surface area is 157 Å². The van der Waals surface area contributed by atoms with Gasteiger partial charge in [0.1, 0.15) is 12.4 Å². The van der Waals surface area contributed by atoms with Crippen LogP contribution in [0.25, 0.3) is 0 Å². The highest BCUT2D eigenvalue weighted by molar-refractivity contribution is 7.92. The molecule has 144 valence electrons. The fourth-order valence-electron chi connectivity index (χ4n) is 2.86. The smallest absolute Gasteiger partial charge is 0.243 e. The van der Waals surface area contributed by atoms with Gasteiger partial charge in [-0.25, -0.2) is 22.8 Å². The summed E-state index contributed by atoms with van der Waals surface area (Å²) in [6.07, 6.45) is 4.31. The van der Waals surface area contributed by atoms with E-state index in [2.05, 4.69) is 9.97 Å². The Bertz CT molecular complexity index is 902. The molecular formula is C17H20FN5O3S. The summed E-state index contributed by atoms with van der Waals surface area (Å²) in [6, 6.07) is 6.92. The number of sulfonamides is 1. The maximum atomic E-state index is 13.5. The van der Waals surface area contributed by atoms with Crippen molar-refractivity contribution in [1.29, 1.82) is 0 Å². The summed E-state index contributed by atoms with van der Waals surface area (Å²) < 4.78 is 38.6. The van der Waals surface area contributed by atoms with E-state index in [1.165, 1.54) is 18.2 Å². The molecule has 27 heavy (non-hydrogen) atoms. The van der Waals surface area contributed by atoms with E-state index in [1.807, 2.05) is 4.90 Å². The zero-order chi connectivity index (χ0) is 19.4. The van der Waals surface area contributed by atoms with E-state index in [0.29, 0.717) is 32.1 Å². The summed E-state index contributed by atoms with van der Waals surface area (Å²) in [7, 11) is -3.73. The minimum absolute atomic E-state index is 0.127. The SMILES string of the molecule is CS(=O)(=O)N(CC(=O)N1CCN(c2ncccn2)CC1)c1cccc(F)c1. The van der Waals surface area contributed by atoms with Gasteiger partial charge in [0.05, 0.1) is 11.9 Å². The van der Waals surface area contributed by atoms with Crippen LogP contribution in [-0.2, 0) is 14.8 Å². The predicted octanol–water partition coefficient (Wildman–Crippen LogP) is 0.731. The number of nitrogens with zero attached hydrogens (tertiary/aromatic N) is 5. The topological polar surface area (TPSA) is 86.7 Å². The molecule has 0 unspecified atom stereocenters. The number of hydrogen-bond acceptors (Lipinski definition) is 6. The third kappa shape index (κ3) is 4.70. The van der Waals surface area contributed by atoms with Gasteiger partial charge in [-0.15, -0.1) is 0 Å². The van der Waals surface area contributed by atoms with E-state index in [-0.39, 0.29) is 18.1 Å². The Kier molecular flexibility index (Phi) is 5.54. The highest BCUT2D eigenvalue weighted by Gasteiger charge is 2.27. The molecule has 0 saturated carbocycles. The number of piperazine rings is 1. The molecule has 1 aliphatic rings. The van der Waals surface area contributed by atoms with Gasteiger partial charge in [-0.2, -0.15) is 0 Å². The second kappa shape index (κ2) is 7.87. The van der Waals surface area contributed by atoms with Crippen LogP contribution in [0.5, 0.6) is 0 Å². The lowest BCUT2D eigenvalue weighted by Gasteiger charge is -2.35. The van der Waals surface area contributed by atoms with E-state index in [0.717, 1.165) is 16.6 Å². The van der Waals surface area contributed by atoms with Crippen LogP contribution in [0.15, 0.2) is 42.7 Å². The number of rotatable bonds is 5. The second-order valence-electron chi connectivity index (χ2n) is 6.17. The first-order chi connectivity index (χ1) is 12.8. The maximum absolute atomic E-state index is 13.5. The molecule has 0 aliphatic carbocycles. The molecule has 0 atom stereocenters. The highest BCUT2D eigenvalue weighted by atomic mass is 32.2. The van der Waals surface area contributed by atoms with Crippen molar-refractivity contribution in [3.8, 4) is 0 Å². The fraction of sp³-hybridized carbons (Fsp3) is 0.353. The van der Waals surface area contributed by atoms with Crippen molar-refractivity contribution in [2.24, 2.45) is 0 Å². The van der Waals surface area contributed by atoms with Crippen molar-refractivity contribution in [1.82, 2.24) is 14.9 Å². The van der Waals surface area contributed by atoms with Crippen LogP contribution < -0.4 is 9.21 Å². The average Bonchev–Trinajstić information content (AvgIpc) is 2.66. The molecule has 10 heteroatoms. The molecule has 1 aliphatic heterocycles. The van der Waals surface area contributed by atoms with Crippen LogP contribution in [0.2, 0.25) is 0 Å². The Hall–Kier alpha value is -2.75. The minimum Gasteiger partial charge on any atom is -0.338 e. The fourth-order valence-corrected chi connectivity index (χ4v) is 3.71. The van der Waals surface area contributed by atoms with Gasteiger partial charge in [-0.05, 0) is 24.3 Å². The molecule has 2 aromatic rings. The van der Waals surface area contributed by atoms with Gasteiger partial charge in [0.2, 0.25) is 21.9 Å². The third-order valence-corrected chi connectivity index (χ3v) is 5.38. The number of hydrogen-bond donors (Lipinski definition) is 0. The van der Waals surface area contributed by atoms with Gasteiger partial charge in [0, 0.05) is 38.6 Å². The van der Waals surface area contributed by atoms with Crippen molar-refractivity contribution < 1.29 is 17.6 Å². The average molecular weight is 393 g/mol. The molecule has 1 fully saturated rings. The predicted molar refractivity (Wildman–Crippen MR) is 99.4 cm³/mol. The number of anilines is 2. The Morgan fingerprint density at radius 3 is 2.41 bits per heavy atom. The van der Waals surface area contributed by atoms with Crippen LogP contribution in [0.1, 0.15) is 0 Å². The molecule has 0 bridgehead atoms. The molecule has 0 radical (unpaired) electrons. The summed E-state index contributed by atoms with van der Waals surface area (Å²) in [5, 5.41) is 0. The zero-order valence-corrected chi connectivity index (χ0v) is 15.6. The molecule has 2 heterocycles. The van der Waals surface area contributed by atoms with Crippen molar-refractivity contribution in [2.45, 2.75) is 0 Å². The highest BCUT2D eigenvalue weighted by Crippen LogP contribution is 2.19. The Morgan fingerprint density at radius 2 is 1.81 bits per heavy atom. The van der Waals surface area contributed by atoms with E-state index in [1.54, 1.807) is 23.4 Å². The molecule has 0 N–H and O–H groups in total. The van der Waals surface area contributed by atoms with Gasteiger partial charge >= 0.3 is 0 Å². The Balaban J connectivity index is 1.67. The molecule has 1 aromatic heterocycles. The number of carbonyl (C=O) groups is 1. The molecular weight excluding hydrogens is 373 g/mol. The maximum Gasteiger partial charge on any atom is 0.243 e. The normalized spacial score (nSPS) is 14.9. The largest absolute Gasteiger partial charge is 0.338 e. The standard InChI is InChI=1S/C17H20FN5O3S/c1-27(25,26)23(15-5-2-4-14(18)12-15)13-16(24)21-8-10-22(11-9-21)17-19-6-3-7-20-17/h2-7,12H,8-11,13H2,1H3. The van der Waals surface area contributed by atoms with Crippen LogP contribution >= 0.6 is 0 Å². The lowest BCUT2D eigenvalue weighted by molar-refractivity contribution is -0.129. The summed E-state index contributed by atoms with van der Waals surface area (Å²) in [4.78, 5) is 24.6. The zero-order valence-electron chi connectivity index (χ0n) is 14.8. The van der Waals surface area contributed by atoms with Crippen LogP contribution in [0.3, 0.4) is 0 Å². The number of halogens is 1. The van der Waals surface area contributed by atoms with Crippen LogP contribution in [0, 0.1) is 5.82 Å². The first-order valence-electron chi connectivity index (χ1n) is 8.37. The lowest BCUT2D eigenvalue weighted by Crippen LogP contribution is -2.52. The number of carbonyl (C=O) groups excluding carboxylic acids is 1. The lowest BCUT2D eigenvalue weighted by atomic mass is 10.3. The first-order valence-corrected chi connectivity index (χ1v) is 10.2. The van der Waals surface area contributed by atoms with Crippen LogP contribution in [0.4, 0.5) is 16.0 Å². The summed E-state index contributed by atoms with van der Waals surface area (Å²) >= 11 is 0. The van der Waals surface area contributed by atoms with E-state index >= 15 is 0 Å². The quantitative estimate of drug-likeness (QED) is 0.744. The van der Waals surface area contributed by atoms with Gasteiger partial charge in [-0.1, -0.05) is 6.07 Å². The number of aromatic nitrogens is 2. The molecule has 8 nitrogen and oxygen atoms in total. The van der Waals surface area contributed by atoms with Gasteiger partial charge in [0.25, 0.3) is 0 Å². The number of benzene rings is 1. The number of amides is 1. The summed E-state index contributed by atoms with van der Waals surface area (Å²) in [6.45, 7) is 1.59. The molecule has 1 amide bonds. The van der Waals surface area contributed by atoms with Gasteiger partial charge in [-0.3, -0.25) is 9.10 Å². The minimum atomic E-state index is -3.73. The van der Waals surface area contributed by atoms with Crippen molar-refractivity contribution >= 4 is 27.6 Å². The third-order valence-electron chi connectivity index (χ3n) is 4.24.